The fourth-order valence-electron chi connectivity index (χ4n) is 5.40. The molecule has 0 bridgehead atoms. The Kier molecular flexibility index (Phi) is 9.51. The second-order valence-electron chi connectivity index (χ2n) is 12.9. The van der Waals surface area contributed by atoms with Gasteiger partial charge >= 0.3 is 6.09 Å². The van der Waals surface area contributed by atoms with E-state index in [1.54, 1.807) is 50.9 Å². The molecule has 1 unspecified atom stereocenters. The Morgan fingerprint density at radius 3 is 2.47 bits per heavy atom. The summed E-state index contributed by atoms with van der Waals surface area (Å²) in [6.45, 7) is 8.20. The first-order chi connectivity index (χ1) is 21.1. The Morgan fingerprint density at radius 1 is 1.09 bits per heavy atom. The molecule has 1 saturated heterocycles. The van der Waals surface area contributed by atoms with Gasteiger partial charge in [-0.2, -0.15) is 10.4 Å². The normalized spacial score (nSPS) is 18.7. The number of rotatable bonds is 9. The van der Waals surface area contributed by atoms with Crippen LogP contribution in [0.4, 0.5) is 4.79 Å². The van der Waals surface area contributed by atoms with Gasteiger partial charge in [0.2, 0.25) is 11.8 Å². The first-order valence-corrected chi connectivity index (χ1v) is 14.8. The standard InChI is InChI=1S/C33H40N6O6/c1-31(2,3)45-30(43)36-32(4,5)28(41)35-25(20-44-24-14-10-13-23(17-24)19-34)27(40)39-16-15-26-33(21-39,29(42)38(6)37-26)18-22-11-8-7-9-12-22/h7-14,17,25H,15-16,18,20-21H2,1-6H3,(H,35,41)(H,36,43)/t25?,33-/m1/s1. The smallest absolute Gasteiger partial charge is 0.408 e. The van der Waals surface area contributed by atoms with Crippen LogP contribution in [0.3, 0.4) is 0 Å². The monoisotopic (exact) mass is 616 g/mol. The number of hydrogen-bond donors (Lipinski definition) is 2. The van der Waals surface area contributed by atoms with Gasteiger partial charge in [-0.05, 0) is 64.8 Å². The van der Waals surface area contributed by atoms with Crippen LogP contribution in [0.15, 0.2) is 59.7 Å². The van der Waals surface area contributed by atoms with Crippen LogP contribution >= 0.6 is 0 Å². The Balaban J connectivity index is 1.59. The number of hydrazone groups is 1. The quantitative estimate of drug-likeness (QED) is 0.439. The maximum absolute atomic E-state index is 14.2. The molecule has 0 aliphatic carbocycles. The first-order valence-electron chi connectivity index (χ1n) is 14.8. The summed E-state index contributed by atoms with van der Waals surface area (Å²) in [4.78, 5) is 55.3. The SMILES string of the molecule is CN1N=C2CCN(C(=O)C(COc3cccc(C#N)c3)NC(=O)C(C)(C)NC(=O)OC(C)(C)C)C[C@@]2(Cc2ccccc2)C1=O. The second-order valence-corrected chi connectivity index (χ2v) is 12.9. The largest absolute Gasteiger partial charge is 0.491 e. The van der Waals surface area contributed by atoms with Crippen molar-refractivity contribution in [2.45, 2.75) is 64.6 Å². The molecular formula is C33H40N6O6. The molecule has 2 aromatic rings. The molecule has 0 aromatic heterocycles. The van der Waals surface area contributed by atoms with Gasteiger partial charge in [-0.15, -0.1) is 0 Å². The zero-order chi connectivity index (χ0) is 33.0. The summed E-state index contributed by atoms with van der Waals surface area (Å²) in [5, 5.41) is 20.4. The summed E-state index contributed by atoms with van der Waals surface area (Å²) in [7, 11) is 1.61. The van der Waals surface area contributed by atoms with E-state index in [2.05, 4.69) is 15.7 Å². The Bertz CT molecular complexity index is 1530. The molecule has 45 heavy (non-hydrogen) atoms. The molecule has 238 valence electrons. The third kappa shape index (κ3) is 7.78. The van der Waals surface area contributed by atoms with Crippen molar-refractivity contribution in [3.63, 3.8) is 0 Å². The van der Waals surface area contributed by atoms with Gasteiger partial charge in [-0.3, -0.25) is 14.4 Å². The number of piperidine rings is 1. The lowest BCUT2D eigenvalue weighted by molar-refractivity contribution is -0.143. The van der Waals surface area contributed by atoms with Gasteiger partial charge in [0.15, 0.2) is 0 Å². The van der Waals surface area contributed by atoms with Crippen molar-refractivity contribution in [1.82, 2.24) is 20.5 Å². The minimum absolute atomic E-state index is 0.0680. The molecule has 0 spiro atoms. The van der Waals surface area contributed by atoms with Crippen LogP contribution in [-0.2, 0) is 25.5 Å². The highest BCUT2D eigenvalue weighted by molar-refractivity contribution is 6.13. The molecule has 2 N–H and O–H groups in total. The highest BCUT2D eigenvalue weighted by Gasteiger charge is 2.54. The third-order valence-corrected chi connectivity index (χ3v) is 7.63. The number of benzene rings is 2. The van der Waals surface area contributed by atoms with Gasteiger partial charge in [0.1, 0.15) is 35.0 Å². The lowest BCUT2D eigenvalue weighted by Crippen LogP contribution is -2.63. The molecule has 2 aromatic carbocycles. The molecule has 0 saturated carbocycles. The molecule has 2 atom stereocenters. The molecule has 1 fully saturated rings. The predicted octanol–water partition coefficient (Wildman–Crippen LogP) is 3.01. The summed E-state index contributed by atoms with van der Waals surface area (Å²) >= 11 is 0. The van der Waals surface area contributed by atoms with E-state index >= 15 is 0 Å². The minimum atomic E-state index is -1.46. The van der Waals surface area contributed by atoms with Crippen LogP contribution in [0.1, 0.15) is 52.2 Å². The fourth-order valence-corrected chi connectivity index (χ4v) is 5.40. The van der Waals surface area contributed by atoms with E-state index in [1.807, 2.05) is 36.4 Å². The Labute approximate surface area is 263 Å². The van der Waals surface area contributed by atoms with E-state index in [-0.39, 0.29) is 25.6 Å². The molecular weight excluding hydrogens is 576 g/mol. The molecule has 4 amide bonds. The number of nitrogens with one attached hydrogen (secondary N) is 2. The number of hydrogen-bond acceptors (Lipinski definition) is 8. The lowest BCUT2D eigenvalue weighted by atomic mass is 9.73. The van der Waals surface area contributed by atoms with E-state index < -0.39 is 40.5 Å². The van der Waals surface area contributed by atoms with Gasteiger partial charge in [-0.25, -0.2) is 9.80 Å². The Hall–Kier alpha value is -4.92. The summed E-state index contributed by atoms with van der Waals surface area (Å²) < 4.78 is 11.2. The number of nitrogens with zero attached hydrogens (tertiary/aromatic N) is 4. The number of carbonyl (C=O) groups is 4. The van der Waals surface area contributed by atoms with Gasteiger partial charge in [0, 0.05) is 26.6 Å². The van der Waals surface area contributed by atoms with Crippen molar-refractivity contribution < 1.29 is 28.7 Å². The zero-order valence-corrected chi connectivity index (χ0v) is 26.5. The van der Waals surface area contributed by atoms with Crippen LogP contribution < -0.4 is 15.4 Å². The lowest BCUT2D eigenvalue weighted by Gasteiger charge is -2.41. The minimum Gasteiger partial charge on any atom is -0.491 e. The highest BCUT2D eigenvalue weighted by atomic mass is 16.6. The third-order valence-electron chi connectivity index (χ3n) is 7.63. The van der Waals surface area contributed by atoms with Crippen molar-refractivity contribution in [2.75, 3.05) is 26.7 Å². The van der Waals surface area contributed by atoms with Crippen LogP contribution in [0.5, 0.6) is 5.75 Å². The number of carbonyl (C=O) groups excluding carboxylic acids is 4. The van der Waals surface area contributed by atoms with Crippen molar-refractivity contribution >= 4 is 29.5 Å². The van der Waals surface area contributed by atoms with E-state index in [9.17, 15) is 24.4 Å². The molecule has 2 heterocycles. The molecule has 12 heteroatoms. The topological polar surface area (TPSA) is 153 Å². The average Bonchev–Trinajstić information content (AvgIpc) is 3.22. The molecule has 4 rings (SSSR count). The number of likely N-dealkylation sites (tertiary alicyclic amines) is 1. The van der Waals surface area contributed by atoms with Gasteiger partial charge in [0.25, 0.3) is 5.91 Å². The van der Waals surface area contributed by atoms with Crippen molar-refractivity contribution in [2.24, 2.45) is 10.5 Å². The fraction of sp³-hybridized carbons (Fsp3) is 0.455. The number of nitriles is 1. The molecule has 2 aliphatic rings. The molecule has 12 nitrogen and oxygen atoms in total. The van der Waals surface area contributed by atoms with E-state index in [4.69, 9.17) is 9.47 Å². The zero-order valence-electron chi connectivity index (χ0n) is 26.5. The van der Waals surface area contributed by atoms with E-state index in [1.165, 1.54) is 24.9 Å². The van der Waals surface area contributed by atoms with Crippen LogP contribution in [-0.4, -0.2) is 83.4 Å². The maximum atomic E-state index is 14.2. The van der Waals surface area contributed by atoms with Gasteiger partial charge in [-0.1, -0.05) is 36.4 Å². The van der Waals surface area contributed by atoms with Crippen molar-refractivity contribution in [3.05, 3.63) is 65.7 Å². The number of alkyl carbamates (subject to hydrolysis) is 1. The van der Waals surface area contributed by atoms with Crippen molar-refractivity contribution in [1.29, 1.82) is 5.26 Å². The Morgan fingerprint density at radius 2 is 1.80 bits per heavy atom. The molecule has 0 radical (unpaired) electrons. The van der Waals surface area contributed by atoms with Crippen LogP contribution in [0.25, 0.3) is 0 Å². The summed E-state index contributed by atoms with van der Waals surface area (Å²) in [6, 6.07) is 16.9. The van der Waals surface area contributed by atoms with Gasteiger partial charge < -0.3 is 25.0 Å². The summed E-state index contributed by atoms with van der Waals surface area (Å²) in [5.74, 6) is -0.960. The van der Waals surface area contributed by atoms with E-state index in [0.717, 1.165) is 11.3 Å². The number of ether oxygens (including phenoxy) is 2. The maximum Gasteiger partial charge on any atom is 0.408 e. The first kappa shape index (κ1) is 33.0. The average molecular weight is 617 g/mol. The van der Waals surface area contributed by atoms with Crippen LogP contribution in [0.2, 0.25) is 0 Å². The van der Waals surface area contributed by atoms with E-state index in [0.29, 0.717) is 24.2 Å². The number of fused-ring (bicyclic) bond motifs is 1. The van der Waals surface area contributed by atoms with Crippen LogP contribution in [0, 0.1) is 16.7 Å². The highest BCUT2D eigenvalue weighted by Crippen LogP contribution is 2.38. The summed E-state index contributed by atoms with van der Waals surface area (Å²) in [6.07, 6.45) is -0.0443. The predicted molar refractivity (Wildman–Crippen MR) is 166 cm³/mol. The molecule has 2 aliphatic heterocycles. The van der Waals surface area contributed by atoms with Gasteiger partial charge in [0.05, 0.1) is 17.3 Å². The summed E-state index contributed by atoms with van der Waals surface area (Å²) in [5.41, 5.74) is -1.25. The van der Waals surface area contributed by atoms with Crippen molar-refractivity contribution in [3.8, 4) is 11.8 Å². The number of amides is 4. The second kappa shape index (κ2) is 13.0.